The van der Waals surface area contributed by atoms with Crippen molar-refractivity contribution in [2.45, 2.75) is 0 Å². The molecule has 0 spiro atoms. The van der Waals surface area contributed by atoms with Crippen LogP contribution in [0.1, 0.15) is 0 Å². The van der Waals surface area contributed by atoms with Gasteiger partial charge in [0.05, 0.1) is 44.5 Å². The topological polar surface area (TPSA) is 40.6 Å². The molecule has 4 aromatic heterocycles. The first-order valence-corrected chi connectivity index (χ1v) is 22.9. The molecule has 0 bridgehead atoms. The van der Waals surface area contributed by atoms with E-state index in [0.29, 0.717) is 5.95 Å². The normalized spacial score (nSPS) is 12.2. The standard InChI is InChI=1S/C62H37N5/c1-3-21-41(22-4-1)65-54-31-13-11-27-47(54)50-35-40-33-34-49-58-56(66(42-23-5-2-6-24-42)61(57(40)58)60(50)65)36-51-48-28-12-14-32-55(48)67(59(49)51)62-63-52(45-29-15-19-38-17-7-9-25-43(38)45)37-53(64-62)46-30-16-20-39-18-8-10-26-44(39)46/h1-37H. The average Bonchev–Trinajstić information content (AvgIpc) is 4.04. The average molecular weight is 852 g/mol. The van der Waals surface area contributed by atoms with Crippen molar-refractivity contribution < 1.29 is 0 Å². The van der Waals surface area contributed by atoms with Gasteiger partial charge in [-0.2, -0.15) is 0 Å². The summed E-state index contributed by atoms with van der Waals surface area (Å²) in [6, 6.07) is 81.2. The van der Waals surface area contributed by atoms with Crippen LogP contribution in [0.15, 0.2) is 224 Å². The smallest absolute Gasteiger partial charge is 0.235 e. The summed E-state index contributed by atoms with van der Waals surface area (Å²) in [5, 5.41) is 14.2. The van der Waals surface area contributed by atoms with E-state index in [9.17, 15) is 0 Å². The molecule has 310 valence electrons. The van der Waals surface area contributed by atoms with E-state index in [1.165, 1.54) is 54.3 Å². The number of hydrogen-bond acceptors (Lipinski definition) is 2. The predicted octanol–water partition coefficient (Wildman–Crippen LogP) is 16.0. The number of benzene rings is 11. The van der Waals surface area contributed by atoms with Gasteiger partial charge in [-0.1, -0.05) is 170 Å². The maximum absolute atomic E-state index is 5.62. The summed E-state index contributed by atoms with van der Waals surface area (Å²) in [5.41, 5.74) is 13.0. The zero-order chi connectivity index (χ0) is 43.7. The van der Waals surface area contributed by atoms with Gasteiger partial charge in [0.2, 0.25) is 5.95 Å². The molecule has 0 N–H and O–H groups in total. The zero-order valence-corrected chi connectivity index (χ0v) is 36.1. The maximum Gasteiger partial charge on any atom is 0.235 e. The quantitative estimate of drug-likeness (QED) is 0.162. The van der Waals surface area contributed by atoms with Crippen LogP contribution in [0.2, 0.25) is 0 Å². The van der Waals surface area contributed by atoms with E-state index in [-0.39, 0.29) is 0 Å². The Labute approximate surface area is 384 Å². The third kappa shape index (κ3) is 5.08. The highest BCUT2D eigenvalue weighted by Crippen LogP contribution is 2.49. The molecule has 0 unspecified atom stereocenters. The van der Waals surface area contributed by atoms with Crippen molar-refractivity contribution in [3.05, 3.63) is 224 Å². The summed E-state index contributed by atoms with van der Waals surface area (Å²) in [6.45, 7) is 0. The van der Waals surface area contributed by atoms with Crippen LogP contribution in [0, 0.1) is 0 Å². The fourth-order valence-corrected chi connectivity index (χ4v) is 11.4. The van der Waals surface area contributed by atoms with Crippen molar-refractivity contribution in [3.63, 3.8) is 0 Å². The lowest BCUT2D eigenvalue weighted by atomic mass is 9.98. The first kappa shape index (κ1) is 36.3. The van der Waals surface area contributed by atoms with Crippen LogP contribution >= 0.6 is 0 Å². The molecule has 0 atom stereocenters. The van der Waals surface area contributed by atoms with Crippen LogP contribution in [-0.2, 0) is 0 Å². The second-order valence-corrected chi connectivity index (χ2v) is 17.7. The third-order valence-electron chi connectivity index (χ3n) is 14.2. The molecule has 5 nitrogen and oxygen atoms in total. The van der Waals surface area contributed by atoms with Crippen LogP contribution in [-0.4, -0.2) is 23.7 Å². The number of para-hydroxylation sites is 4. The first-order valence-electron chi connectivity index (χ1n) is 22.9. The summed E-state index contributed by atoms with van der Waals surface area (Å²) >= 11 is 0. The largest absolute Gasteiger partial charge is 0.307 e. The monoisotopic (exact) mass is 851 g/mol. The van der Waals surface area contributed by atoms with Gasteiger partial charge in [0.15, 0.2) is 0 Å². The van der Waals surface area contributed by atoms with Gasteiger partial charge in [0, 0.05) is 60.2 Å². The summed E-state index contributed by atoms with van der Waals surface area (Å²) < 4.78 is 7.33. The lowest BCUT2D eigenvalue weighted by Gasteiger charge is -2.15. The Bertz CT molecular complexity index is 4390. The second kappa shape index (κ2) is 13.7. The highest BCUT2D eigenvalue weighted by molar-refractivity contribution is 6.37. The Morgan fingerprint density at radius 1 is 0.269 bits per heavy atom. The molecule has 0 saturated carbocycles. The van der Waals surface area contributed by atoms with Gasteiger partial charge in [0.25, 0.3) is 0 Å². The van der Waals surface area contributed by atoms with Crippen LogP contribution in [0.3, 0.4) is 0 Å². The Balaban J connectivity index is 1.12. The van der Waals surface area contributed by atoms with Crippen molar-refractivity contribution in [2.24, 2.45) is 0 Å². The van der Waals surface area contributed by atoms with Crippen LogP contribution < -0.4 is 0 Å². The van der Waals surface area contributed by atoms with Crippen LogP contribution in [0.5, 0.6) is 0 Å². The lowest BCUT2D eigenvalue weighted by Crippen LogP contribution is -2.04. The van der Waals surface area contributed by atoms with Crippen molar-refractivity contribution >= 4 is 97.7 Å². The van der Waals surface area contributed by atoms with Gasteiger partial charge >= 0.3 is 0 Å². The summed E-state index contributed by atoms with van der Waals surface area (Å²) in [5.74, 6) is 0.632. The Morgan fingerprint density at radius 2 is 0.761 bits per heavy atom. The minimum absolute atomic E-state index is 0.632. The van der Waals surface area contributed by atoms with E-state index in [1.54, 1.807) is 0 Å². The van der Waals surface area contributed by atoms with E-state index < -0.39 is 0 Å². The first-order chi connectivity index (χ1) is 33.3. The Hall–Kier alpha value is -9.06. The zero-order valence-electron chi connectivity index (χ0n) is 36.1. The molecule has 67 heavy (non-hydrogen) atoms. The molecule has 0 saturated heterocycles. The third-order valence-corrected chi connectivity index (χ3v) is 14.2. The minimum atomic E-state index is 0.632. The Kier molecular flexibility index (Phi) is 7.44. The SMILES string of the molecule is c1ccc(-n2c3ccccc3c3cc4ccc5c6c4c(c32)n(-c2ccccc2)c6cc2c3ccccc3n(-c3nc(-c4cccc6ccccc46)cc(-c4cccc6ccccc46)n3)c25)cc1. The molecule has 11 aromatic carbocycles. The van der Waals surface area contributed by atoms with Crippen LogP contribution in [0.25, 0.3) is 138 Å². The highest BCUT2D eigenvalue weighted by Gasteiger charge is 2.28. The van der Waals surface area contributed by atoms with E-state index in [1.807, 2.05) is 0 Å². The lowest BCUT2D eigenvalue weighted by molar-refractivity contribution is 0.999. The number of fused-ring (bicyclic) bond motifs is 10. The second-order valence-electron chi connectivity index (χ2n) is 17.7. The van der Waals surface area contributed by atoms with E-state index in [4.69, 9.17) is 9.97 Å². The van der Waals surface area contributed by atoms with Gasteiger partial charge in [-0.15, -0.1) is 0 Å². The van der Waals surface area contributed by atoms with Crippen molar-refractivity contribution in [1.29, 1.82) is 0 Å². The van der Waals surface area contributed by atoms with Crippen LogP contribution in [0.4, 0.5) is 0 Å². The highest BCUT2D eigenvalue weighted by atomic mass is 15.2. The number of aromatic nitrogens is 5. The van der Waals surface area contributed by atoms with E-state index in [0.717, 1.165) is 77.4 Å². The molecular weight excluding hydrogens is 815 g/mol. The van der Waals surface area contributed by atoms with Gasteiger partial charge in [0.1, 0.15) is 0 Å². The van der Waals surface area contributed by atoms with Gasteiger partial charge in [-0.3, -0.25) is 4.57 Å². The molecule has 0 aliphatic carbocycles. The fraction of sp³-hybridized carbons (Fsp3) is 0. The number of rotatable bonds is 5. The number of nitrogens with zero attached hydrogens (tertiary/aromatic N) is 5. The minimum Gasteiger partial charge on any atom is -0.307 e. The molecule has 15 rings (SSSR count). The summed E-state index contributed by atoms with van der Waals surface area (Å²) in [4.78, 5) is 11.2. The molecule has 0 fully saturated rings. The predicted molar refractivity (Wildman–Crippen MR) is 280 cm³/mol. The summed E-state index contributed by atoms with van der Waals surface area (Å²) in [6.07, 6.45) is 0. The molecule has 4 heterocycles. The van der Waals surface area contributed by atoms with Crippen molar-refractivity contribution in [3.8, 4) is 39.8 Å². The Morgan fingerprint density at radius 3 is 1.37 bits per heavy atom. The van der Waals surface area contributed by atoms with Gasteiger partial charge < -0.3 is 9.13 Å². The molecule has 0 amide bonds. The van der Waals surface area contributed by atoms with Crippen molar-refractivity contribution in [2.75, 3.05) is 0 Å². The van der Waals surface area contributed by atoms with Crippen molar-refractivity contribution in [1.82, 2.24) is 23.7 Å². The van der Waals surface area contributed by atoms with Gasteiger partial charge in [-0.25, -0.2) is 9.97 Å². The molecule has 0 aliphatic rings. The molecule has 0 aliphatic heterocycles. The van der Waals surface area contributed by atoms with Gasteiger partial charge in [-0.05, 0) is 81.5 Å². The van der Waals surface area contributed by atoms with E-state index in [2.05, 4.69) is 238 Å². The molecule has 5 heteroatoms. The fourth-order valence-electron chi connectivity index (χ4n) is 11.4. The maximum atomic E-state index is 5.62. The molecule has 0 radical (unpaired) electrons. The summed E-state index contributed by atoms with van der Waals surface area (Å²) in [7, 11) is 0. The van der Waals surface area contributed by atoms with E-state index >= 15 is 0 Å². The molecule has 15 aromatic rings. The molecular formula is C62H37N5. The number of hydrogen-bond donors (Lipinski definition) is 0.